The number of nitrogens with two attached hydrogens (primary N) is 1. The number of anilines is 1. The number of hydrogen-bond donors (Lipinski definition) is 2. The van der Waals surface area contributed by atoms with Crippen LogP contribution in [0.5, 0.6) is 0 Å². The summed E-state index contributed by atoms with van der Waals surface area (Å²) in [4.78, 5) is 12.6. The third kappa shape index (κ3) is 2.81. The molecule has 0 aliphatic heterocycles. The van der Waals surface area contributed by atoms with Gasteiger partial charge in [0.05, 0.1) is 5.41 Å². The van der Waals surface area contributed by atoms with Crippen molar-refractivity contribution in [3.8, 4) is 0 Å². The second kappa shape index (κ2) is 5.74. The van der Waals surface area contributed by atoms with Gasteiger partial charge < -0.3 is 11.1 Å². The van der Waals surface area contributed by atoms with Gasteiger partial charge in [-0.3, -0.25) is 4.79 Å². The number of amides is 1. The van der Waals surface area contributed by atoms with Gasteiger partial charge >= 0.3 is 0 Å². The first-order chi connectivity index (χ1) is 9.09. The molecule has 1 saturated carbocycles. The standard InChI is InChI=1S/C16H24N2O/c1-12-7-6-8-14(13(12)2)18-15(19)16(11-17)9-4-3-5-10-16/h6-8H,3-5,9-11,17H2,1-2H3,(H,18,19). The van der Waals surface area contributed by atoms with E-state index in [2.05, 4.69) is 18.3 Å². The highest BCUT2D eigenvalue weighted by atomic mass is 16.2. The number of aryl methyl sites for hydroxylation is 1. The topological polar surface area (TPSA) is 55.1 Å². The fourth-order valence-corrected chi connectivity index (χ4v) is 2.89. The second-order valence-electron chi connectivity index (χ2n) is 5.75. The molecule has 1 aliphatic carbocycles. The lowest BCUT2D eigenvalue weighted by atomic mass is 9.73. The van der Waals surface area contributed by atoms with Gasteiger partial charge in [-0.25, -0.2) is 0 Å². The Hall–Kier alpha value is -1.35. The van der Waals surface area contributed by atoms with Crippen LogP contribution in [-0.4, -0.2) is 12.5 Å². The number of rotatable bonds is 3. The SMILES string of the molecule is Cc1cccc(NC(=O)C2(CN)CCCCC2)c1C. The van der Waals surface area contributed by atoms with Crippen LogP contribution in [0.3, 0.4) is 0 Å². The van der Waals surface area contributed by atoms with Crippen molar-refractivity contribution in [2.45, 2.75) is 46.0 Å². The predicted octanol–water partition coefficient (Wildman–Crippen LogP) is 3.15. The predicted molar refractivity (Wildman–Crippen MR) is 79.1 cm³/mol. The van der Waals surface area contributed by atoms with Crippen molar-refractivity contribution in [3.05, 3.63) is 29.3 Å². The molecule has 1 fully saturated rings. The molecule has 1 amide bonds. The number of benzene rings is 1. The molecule has 0 aromatic heterocycles. The third-order valence-electron chi connectivity index (χ3n) is 4.54. The van der Waals surface area contributed by atoms with Crippen LogP contribution in [0.15, 0.2) is 18.2 Å². The van der Waals surface area contributed by atoms with Gasteiger partial charge in [-0.15, -0.1) is 0 Å². The van der Waals surface area contributed by atoms with E-state index in [9.17, 15) is 4.79 Å². The minimum Gasteiger partial charge on any atom is -0.329 e. The molecule has 0 atom stereocenters. The zero-order valence-corrected chi connectivity index (χ0v) is 12.0. The van der Waals surface area contributed by atoms with E-state index in [0.717, 1.165) is 36.9 Å². The lowest BCUT2D eigenvalue weighted by Crippen LogP contribution is -2.43. The summed E-state index contributed by atoms with van der Waals surface area (Å²) in [5.74, 6) is 0.100. The molecular weight excluding hydrogens is 236 g/mol. The van der Waals surface area contributed by atoms with Crippen molar-refractivity contribution in [2.75, 3.05) is 11.9 Å². The summed E-state index contributed by atoms with van der Waals surface area (Å²) in [6.07, 6.45) is 5.27. The molecule has 1 aromatic carbocycles. The van der Waals surface area contributed by atoms with E-state index >= 15 is 0 Å². The fourth-order valence-electron chi connectivity index (χ4n) is 2.89. The second-order valence-corrected chi connectivity index (χ2v) is 5.75. The summed E-state index contributed by atoms with van der Waals surface area (Å²) < 4.78 is 0. The summed E-state index contributed by atoms with van der Waals surface area (Å²) in [5, 5.41) is 3.09. The Balaban J connectivity index is 2.17. The Morgan fingerprint density at radius 3 is 2.58 bits per heavy atom. The molecule has 0 spiro atoms. The van der Waals surface area contributed by atoms with Crippen LogP contribution in [0.1, 0.15) is 43.2 Å². The van der Waals surface area contributed by atoms with E-state index in [-0.39, 0.29) is 11.3 Å². The van der Waals surface area contributed by atoms with Gasteiger partial charge in [-0.1, -0.05) is 31.4 Å². The van der Waals surface area contributed by atoms with Crippen LogP contribution in [0.4, 0.5) is 5.69 Å². The largest absolute Gasteiger partial charge is 0.329 e. The molecule has 0 bridgehead atoms. The first-order valence-corrected chi connectivity index (χ1v) is 7.17. The van der Waals surface area contributed by atoms with Gasteiger partial charge in [-0.05, 0) is 43.9 Å². The number of carbonyl (C=O) groups is 1. The first kappa shape index (κ1) is 14.1. The maximum Gasteiger partial charge on any atom is 0.231 e. The van der Waals surface area contributed by atoms with Gasteiger partial charge in [0.15, 0.2) is 0 Å². The molecule has 1 aliphatic rings. The minimum atomic E-state index is -0.353. The molecule has 0 radical (unpaired) electrons. The summed E-state index contributed by atoms with van der Waals surface area (Å²) in [6, 6.07) is 6.01. The first-order valence-electron chi connectivity index (χ1n) is 7.17. The molecule has 0 unspecified atom stereocenters. The summed E-state index contributed by atoms with van der Waals surface area (Å²) >= 11 is 0. The molecule has 0 heterocycles. The van der Waals surface area contributed by atoms with Crippen LogP contribution in [0.2, 0.25) is 0 Å². The number of nitrogens with one attached hydrogen (secondary N) is 1. The Labute approximate surface area is 115 Å². The number of hydrogen-bond acceptors (Lipinski definition) is 2. The molecule has 19 heavy (non-hydrogen) atoms. The average molecular weight is 260 g/mol. The van der Waals surface area contributed by atoms with E-state index in [1.54, 1.807) is 0 Å². The van der Waals surface area contributed by atoms with Crippen molar-refractivity contribution >= 4 is 11.6 Å². The van der Waals surface area contributed by atoms with Crippen LogP contribution < -0.4 is 11.1 Å². The minimum absolute atomic E-state index is 0.100. The van der Waals surface area contributed by atoms with Gasteiger partial charge in [0.1, 0.15) is 0 Å². The van der Waals surface area contributed by atoms with Gasteiger partial charge in [0.2, 0.25) is 5.91 Å². The molecular formula is C16H24N2O. The van der Waals surface area contributed by atoms with E-state index in [1.807, 2.05) is 19.1 Å². The van der Waals surface area contributed by atoms with E-state index < -0.39 is 0 Å². The summed E-state index contributed by atoms with van der Waals surface area (Å²) in [6.45, 7) is 4.55. The Bertz CT molecular complexity index is 462. The van der Waals surface area contributed by atoms with Crippen molar-refractivity contribution in [1.82, 2.24) is 0 Å². The van der Waals surface area contributed by atoms with Crippen molar-refractivity contribution in [1.29, 1.82) is 0 Å². The van der Waals surface area contributed by atoms with Crippen molar-refractivity contribution in [2.24, 2.45) is 11.1 Å². The van der Waals surface area contributed by atoms with Gasteiger partial charge in [0.25, 0.3) is 0 Å². The lowest BCUT2D eigenvalue weighted by Gasteiger charge is -2.34. The van der Waals surface area contributed by atoms with E-state index in [0.29, 0.717) is 6.54 Å². The van der Waals surface area contributed by atoms with Crippen LogP contribution >= 0.6 is 0 Å². The highest BCUT2D eigenvalue weighted by Gasteiger charge is 2.38. The Kier molecular flexibility index (Phi) is 4.25. The molecule has 2 rings (SSSR count). The lowest BCUT2D eigenvalue weighted by molar-refractivity contribution is -0.126. The maximum atomic E-state index is 12.6. The molecule has 0 saturated heterocycles. The van der Waals surface area contributed by atoms with E-state index in [1.165, 1.54) is 12.0 Å². The summed E-state index contributed by atoms with van der Waals surface area (Å²) in [7, 11) is 0. The molecule has 104 valence electrons. The molecule has 1 aromatic rings. The van der Waals surface area contributed by atoms with Gasteiger partial charge in [0, 0.05) is 12.2 Å². The molecule has 3 nitrogen and oxygen atoms in total. The fraction of sp³-hybridized carbons (Fsp3) is 0.562. The van der Waals surface area contributed by atoms with E-state index in [4.69, 9.17) is 5.73 Å². The Morgan fingerprint density at radius 2 is 1.95 bits per heavy atom. The quantitative estimate of drug-likeness (QED) is 0.877. The van der Waals surface area contributed by atoms with Crippen molar-refractivity contribution in [3.63, 3.8) is 0 Å². The van der Waals surface area contributed by atoms with Crippen LogP contribution in [0, 0.1) is 19.3 Å². The zero-order valence-electron chi connectivity index (χ0n) is 12.0. The third-order valence-corrected chi connectivity index (χ3v) is 4.54. The normalized spacial score (nSPS) is 18.1. The highest BCUT2D eigenvalue weighted by molar-refractivity contribution is 5.96. The smallest absolute Gasteiger partial charge is 0.231 e. The summed E-state index contributed by atoms with van der Waals surface area (Å²) in [5.41, 5.74) is 8.80. The number of carbonyl (C=O) groups excluding carboxylic acids is 1. The molecule has 3 N–H and O–H groups in total. The zero-order chi connectivity index (χ0) is 13.9. The van der Waals surface area contributed by atoms with Crippen molar-refractivity contribution < 1.29 is 4.79 Å². The Morgan fingerprint density at radius 1 is 1.26 bits per heavy atom. The van der Waals surface area contributed by atoms with Crippen LogP contribution in [-0.2, 0) is 4.79 Å². The average Bonchev–Trinajstić information content (AvgIpc) is 2.44. The van der Waals surface area contributed by atoms with Gasteiger partial charge in [-0.2, -0.15) is 0 Å². The maximum absolute atomic E-state index is 12.6. The molecule has 3 heteroatoms. The van der Waals surface area contributed by atoms with Crippen LogP contribution in [0.25, 0.3) is 0 Å². The monoisotopic (exact) mass is 260 g/mol. The highest BCUT2D eigenvalue weighted by Crippen LogP contribution is 2.36.